The molecular weight excluding hydrogens is 182 g/mol. The lowest BCUT2D eigenvalue weighted by molar-refractivity contribution is -0.109. The first kappa shape index (κ1) is 24.9. The molecule has 0 atom stereocenters. The molecule has 0 aliphatic heterocycles. The normalized spacial score (nSPS) is 3.71. The second kappa shape index (κ2) is 15.8. The second-order valence-corrected chi connectivity index (χ2v) is 1.00. The van der Waals surface area contributed by atoms with E-state index in [9.17, 15) is 4.79 Å². The van der Waals surface area contributed by atoms with Crippen molar-refractivity contribution in [1.82, 2.24) is 0 Å². The molecule has 0 aliphatic rings. The lowest BCUT2D eigenvalue weighted by Gasteiger charge is -1.52. The molecule has 0 aromatic rings. The fourth-order valence-electron chi connectivity index (χ4n) is 0. The molecule has 0 aromatic carbocycles. The van der Waals surface area contributed by atoms with E-state index in [1.807, 2.05) is 0 Å². The number of hydrogen-bond acceptors (Lipinski definition) is 1. The van der Waals surface area contributed by atoms with Gasteiger partial charge >= 0.3 is 0 Å². The summed E-state index contributed by atoms with van der Waals surface area (Å²) in [6.07, 6.45) is 0. The summed E-state index contributed by atoms with van der Waals surface area (Å²) < 4.78 is 0. The molecule has 7 heavy (non-hydrogen) atoms. The molecule has 5 heteroatoms. The van der Waals surface area contributed by atoms with E-state index in [4.69, 9.17) is 0 Å². The number of carbonyl (C=O) groups excluding carboxylic acids is 1. The number of hydrogen-bond donors (Lipinski definition) is 0. The van der Waals surface area contributed by atoms with E-state index in [2.05, 4.69) is 11.6 Å². The molecule has 0 aromatic heterocycles. The number of rotatable bonds is 0. The summed E-state index contributed by atoms with van der Waals surface area (Å²) >= 11 is 4.64. The standard InChI is InChI=1S/C2H3ClO.3ClH/c1-2(3)4;;;/h1H3;3*1H. The van der Waals surface area contributed by atoms with Crippen LogP contribution in [0.15, 0.2) is 0 Å². The van der Waals surface area contributed by atoms with Gasteiger partial charge in [-0.3, -0.25) is 4.79 Å². The maximum absolute atomic E-state index is 9.21. The predicted octanol–water partition coefficient (Wildman–Crippen LogP) is 2.04. The SMILES string of the molecule is CC(=O)Cl.Cl.Cl.Cl. The van der Waals surface area contributed by atoms with Crippen molar-refractivity contribution in [3.05, 3.63) is 0 Å². The maximum atomic E-state index is 9.21. The van der Waals surface area contributed by atoms with Gasteiger partial charge in [-0.15, -0.1) is 37.2 Å². The molecule has 0 fully saturated rings. The molecular formula is C2H6Cl4O. The molecule has 0 bridgehead atoms. The van der Waals surface area contributed by atoms with Crippen LogP contribution >= 0.6 is 48.8 Å². The zero-order valence-electron chi connectivity index (χ0n) is 3.51. The Morgan fingerprint density at radius 2 is 1.29 bits per heavy atom. The van der Waals surface area contributed by atoms with Gasteiger partial charge in [-0.2, -0.15) is 0 Å². The quantitative estimate of drug-likeness (QED) is 0.531. The van der Waals surface area contributed by atoms with Crippen LogP contribution in [-0.2, 0) is 4.79 Å². The average molecular weight is 188 g/mol. The first-order chi connectivity index (χ1) is 1.73. The highest BCUT2D eigenvalue weighted by Crippen LogP contribution is 1.67. The molecule has 0 rings (SSSR count). The Balaban J connectivity index is -0.0000000150. The van der Waals surface area contributed by atoms with Crippen molar-refractivity contribution in [2.45, 2.75) is 6.92 Å². The molecule has 0 saturated heterocycles. The maximum Gasteiger partial charge on any atom is 0.218 e. The second-order valence-electron chi connectivity index (χ2n) is 0.470. The highest BCUT2D eigenvalue weighted by Gasteiger charge is 1.67. The van der Waals surface area contributed by atoms with Crippen molar-refractivity contribution < 1.29 is 4.79 Å². The van der Waals surface area contributed by atoms with Crippen LogP contribution in [0.5, 0.6) is 0 Å². The summed E-state index contributed by atoms with van der Waals surface area (Å²) in [4.78, 5) is 9.21. The molecule has 0 N–H and O–H groups in total. The van der Waals surface area contributed by atoms with Crippen molar-refractivity contribution in [3.63, 3.8) is 0 Å². The molecule has 48 valence electrons. The summed E-state index contributed by atoms with van der Waals surface area (Å²) in [5.41, 5.74) is 0. The van der Waals surface area contributed by atoms with E-state index < -0.39 is 0 Å². The van der Waals surface area contributed by atoms with Gasteiger partial charge in [-0.1, -0.05) is 0 Å². The minimum absolute atomic E-state index is 0. The van der Waals surface area contributed by atoms with E-state index in [0.29, 0.717) is 0 Å². The van der Waals surface area contributed by atoms with Crippen LogP contribution in [0.2, 0.25) is 0 Å². The molecule has 0 unspecified atom stereocenters. The fourth-order valence-corrected chi connectivity index (χ4v) is 0. The zero-order valence-corrected chi connectivity index (χ0v) is 6.72. The molecule has 0 saturated carbocycles. The Morgan fingerprint density at radius 3 is 1.29 bits per heavy atom. The first-order valence-electron chi connectivity index (χ1n) is 0.893. The third kappa shape index (κ3) is 231. The van der Waals surface area contributed by atoms with Crippen LogP contribution < -0.4 is 0 Å². The van der Waals surface area contributed by atoms with E-state index >= 15 is 0 Å². The largest absolute Gasteiger partial charge is 0.282 e. The van der Waals surface area contributed by atoms with Crippen LogP contribution in [-0.4, -0.2) is 5.24 Å². The van der Waals surface area contributed by atoms with Crippen LogP contribution in [0.4, 0.5) is 0 Å². The van der Waals surface area contributed by atoms with Crippen molar-refractivity contribution >= 4 is 54.1 Å². The predicted molar refractivity (Wildman–Crippen MR) is 38.3 cm³/mol. The van der Waals surface area contributed by atoms with Crippen molar-refractivity contribution in [3.8, 4) is 0 Å². The minimum Gasteiger partial charge on any atom is -0.282 e. The van der Waals surface area contributed by atoms with Crippen molar-refractivity contribution in [1.29, 1.82) is 0 Å². The zero-order chi connectivity index (χ0) is 3.58. The third-order valence-electron chi connectivity index (χ3n) is 0. The Labute approximate surface area is 66.0 Å². The average Bonchev–Trinajstić information content (AvgIpc) is 0.811. The van der Waals surface area contributed by atoms with Gasteiger partial charge in [0.15, 0.2) is 0 Å². The monoisotopic (exact) mass is 186 g/mol. The summed E-state index contributed by atoms with van der Waals surface area (Å²) in [7, 11) is 0. The van der Waals surface area contributed by atoms with Crippen LogP contribution in [0, 0.1) is 0 Å². The van der Waals surface area contributed by atoms with Crippen LogP contribution in [0.1, 0.15) is 6.92 Å². The first-order valence-corrected chi connectivity index (χ1v) is 1.27. The minimum atomic E-state index is -0.361. The fraction of sp³-hybridized carbons (Fsp3) is 0.500. The van der Waals surface area contributed by atoms with E-state index in [1.165, 1.54) is 6.92 Å². The van der Waals surface area contributed by atoms with Gasteiger partial charge in [-0.25, -0.2) is 0 Å². The van der Waals surface area contributed by atoms with Crippen LogP contribution in [0.3, 0.4) is 0 Å². The van der Waals surface area contributed by atoms with Gasteiger partial charge in [0.05, 0.1) is 0 Å². The van der Waals surface area contributed by atoms with Gasteiger partial charge in [0.25, 0.3) is 0 Å². The smallest absolute Gasteiger partial charge is 0.218 e. The van der Waals surface area contributed by atoms with Gasteiger partial charge < -0.3 is 0 Å². The highest BCUT2D eigenvalue weighted by molar-refractivity contribution is 6.62. The lowest BCUT2D eigenvalue weighted by atomic mass is 10.9. The van der Waals surface area contributed by atoms with Gasteiger partial charge in [0.2, 0.25) is 5.24 Å². The number of halogens is 4. The number of carbonyl (C=O) groups is 1. The van der Waals surface area contributed by atoms with E-state index in [-0.39, 0.29) is 42.5 Å². The third-order valence-corrected chi connectivity index (χ3v) is 0. The molecule has 1 nitrogen and oxygen atoms in total. The highest BCUT2D eigenvalue weighted by atomic mass is 35.5. The Kier molecular flexibility index (Phi) is 56.3. The van der Waals surface area contributed by atoms with E-state index in [1.54, 1.807) is 0 Å². The summed E-state index contributed by atoms with van der Waals surface area (Å²) in [6, 6.07) is 0. The Hall–Kier alpha value is 0.830. The topological polar surface area (TPSA) is 17.1 Å². The lowest BCUT2D eigenvalue weighted by Crippen LogP contribution is -1.62. The Morgan fingerprint density at radius 1 is 1.29 bits per heavy atom. The van der Waals surface area contributed by atoms with Crippen LogP contribution in [0.25, 0.3) is 0 Å². The summed E-state index contributed by atoms with van der Waals surface area (Å²) in [5, 5.41) is -0.361. The molecule has 0 spiro atoms. The van der Waals surface area contributed by atoms with Gasteiger partial charge in [0, 0.05) is 6.92 Å². The van der Waals surface area contributed by atoms with E-state index in [0.717, 1.165) is 0 Å². The summed E-state index contributed by atoms with van der Waals surface area (Å²) in [5.74, 6) is 0. The van der Waals surface area contributed by atoms with Crippen molar-refractivity contribution in [2.24, 2.45) is 0 Å². The molecule has 0 amide bonds. The van der Waals surface area contributed by atoms with Crippen molar-refractivity contribution in [2.75, 3.05) is 0 Å². The molecule has 0 radical (unpaired) electrons. The van der Waals surface area contributed by atoms with Gasteiger partial charge in [0.1, 0.15) is 0 Å². The summed E-state index contributed by atoms with van der Waals surface area (Å²) in [6.45, 7) is 1.29. The Bertz CT molecular complexity index is 32.7. The van der Waals surface area contributed by atoms with Gasteiger partial charge in [-0.05, 0) is 11.6 Å². The molecule has 0 heterocycles. The molecule has 0 aliphatic carbocycles.